The van der Waals surface area contributed by atoms with E-state index in [-0.39, 0.29) is 11.8 Å². The predicted octanol–water partition coefficient (Wildman–Crippen LogP) is 6.57. The summed E-state index contributed by atoms with van der Waals surface area (Å²) in [5.41, 5.74) is 7.84. The Morgan fingerprint density at radius 3 is 2.29 bits per heavy atom. The molecule has 2 amide bonds. The van der Waals surface area contributed by atoms with Crippen LogP contribution in [0.5, 0.6) is 0 Å². The van der Waals surface area contributed by atoms with Gasteiger partial charge in [0.1, 0.15) is 0 Å². The van der Waals surface area contributed by atoms with Gasteiger partial charge >= 0.3 is 0 Å². The van der Waals surface area contributed by atoms with E-state index < -0.39 is 0 Å². The van der Waals surface area contributed by atoms with Gasteiger partial charge in [-0.2, -0.15) is 0 Å². The molecule has 2 aliphatic rings. The van der Waals surface area contributed by atoms with Gasteiger partial charge in [0, 0.05) is 62.8 Å². The number of anilines is 2. The third-order valence-electron chi connectivity index (χ3n) is 9.19. The van der Waals surface area contributed by atoms with Gasteiger partial charge in [-0.3, -0.25) is 14.5 Å². The number of carbonyl (C=O) groups is 2. The minimum absolute atomic E-state index is 0.239. The minimum Gasteiger partial charge on any atom is -0.327 e. The highest BCUT2D eigenvalue weighted by atomic mass is 35.5. The molecule has 0 saturated heterocycles. The molecule has 2 aromatic carbocycles. The van der Waals surface area contributed by atoms with Crippen LogP contribution in [0, 0.1) is 12.8 Å². The van der Waals surface area contributed by atoms with E-state index >= 15 is 0 Å². The lowest BCUT2D eigenvalue weighted by Gasteiger charge is -2.26. The Morgan fingerprint density at radius 1 is 0.933 bits per heavy atom. The molecule has 1 aliphatic heterocycles. The van der Waals surface area contributed by atoms with Gasteiger partial charge in [0.05, 0.1) is 22.1 Å². The number of benzene rings is 2. The van der Waals surface area contributed by atoms with E-state index in [4.69, 9.17) is 16.6 Å². The summed E-state index contributed by atoms with van der Waals surface area (Å²) in [4.78, 5) is 38.8. The molecule has 2 N–H and O–H groups in total. The van der Waals surface area contributed by atoms with Crippen LogP contribution < -0.4 is 10.6 Å². The number of aryl methyl sites for hydroxylation is 1. The van der Waals surface area contributed by atoms with Crippen molar-refractivity contribution in [2.75, 3.05) is 23.7 Å². The lowest BCUT2D eigenvalue weighted by atomic mass is 9.98. The van der Waals surface area contributed by atoms with Crippen LogP contribution >= 0.6 is 11.6 Å². The van der Waals surface area contributed by atoms with E-state index in [9.17, 15) is 9.59 Å². The normalized spacial score (nSPS) is 14.8. The predicted molar refractivity (Wildman–Crippen MR) is 179 cm³/mol. The Hall–Kier alpha value is -3.95. The summed E-state index contributed by atoms with van der Waals surface area (Å²) in [6.45, 7) is 9.06. The van der Waals surface area contributed by atoms with Crippen LogP contribution in [0.2, 0.25) is 5.02 Å². The Morgan fingerprint density at radius 2 is 1.60 bits per heavy atom. The Labute approximate surface area is 270 Å². The molecule has 2 aromatic heterocycles. The summed E-state index contributed by atoms with van der Waals surface area (Å²) in [7, 11) is 3.82. The number of rotatable bonds is 10. The number of nitrogens with zero attached hydrogens (tertiary/aromatic N) is 5. The van der Waals surface area contributed by atoms with Gasteiger partial charge in [0.2, 0.25) is 0 Å². The fourth-order valence-corrected chi connectivity index (χ4v) is 6.76. The smallest absolute Gasteiger partial charge is 0.291 e. The maximum Gasteiger partial charge on any atom is 0.291 e. The number of hydrogen-bond acceptors (Lipinski definition) is 5. The summed E-state index contributed by atoms with van der Waals surface area (Å²) in [5, 5.41) is 6.50. The summed E-state index contributed by atoms with van der Waals surface area (Å²) in [5.74, 6) is 1.07. The molecule has 0 unspecified atom stereocenters. The van der Waals surface area contributed by atoms with Gasteiger partial charge in [-0.15, -0.1) is 0 Å². The van der Waals surface area contributed by atoms with Crippen LogP contribution in [0.3, 0.4) is 0 Å². The quantitative estimate of drug-likeness (QED) is 0.207. The number of imidazole rings is 2. The summed E-state index contributed by atoms with van der Waals surface area (Å²) in [6, 6.07) is 11.3. The maximum atomic E-state index is 13.5. The molecule has 0 atom stereocenters. The second-order valence-electron chi connectivity index (χ2n) is 12.4. The van der Waals surface area contributed by atoms with Crippen molar-refractivity contribution in [2.24, 2.45) is 20.0 Å². The topological polar surface area (TPSA) is 97.1 Å². The van der Waals surface area contributed by atoms with Crippen molar-refractivity contribution in [1.29, 1.82) is 0 Å². The first-order valence-electron chi connectivity index (χ1n) is 16.0. The van der Waals surface area contributed by atoms with Crippen molar-refractivity contribution in [3.63, 3.8) is 0 Å². The molecule has 236 valence electrons. The molecule has 0 radical (unpaired) electrons. The van der Waals surface area contributed by atoms with E-state index in [2.05, 4.69) is 34.4 Å². The van der Waals surface area contributed by atoms with Crippen molar-refractivity contribution in [3.8, 4) is 11.1 Å². The monoisotopic (exact) mass is 627 g/mol. The highest BCUT2D eigenvalue weighted by Crippen LogP contribution is 2.38. The first-order chi connectivity index (χ1) is 21.7. The van der Waals surface area contributed by atoms with Crippen molar-refractivity contribution >= 4 is 34.8 Å². The number of nitrogens with one attached hydrogen (secondary N) is 2. The van der Waals surface area contributed by atoms with E-state index in [1.54, 1.807) is 6.07 Å². The van der Waals surface area contributed by atoms with E-state index in [0.717, 1.165) is 90.7 Å². The lowest BCUT2D eigenvalue weighted by Crippen LogP contribution is -2.32. The number of halogens is 1. The van der Waals surface area contributed by atoms with Crippen molar-refractivity contribution in [1.82, 2.24) is 24.0 Å². The van der Waals surface area contributed by atoms with E-state index in [1.165, 1.54) is 12.8 Å². The SMILES string of the molecule is CCCc1c(CC)nc(C(=O)Nc2cccc(-c3cccc(NC(=O)c4nc5c(n4C)CCN(CC4CC4)C5)c3C)c2Cl)n1C. The number of amides is 2. The van der Waals surface area contributed by atoms with Crippen LogP contribution in [0.4, 0.5) is 11.4 Å². The molecule has 1 saturated carbocycles. The van der Waals surface area contributed by atoms with Crippen LogP contribution in [-0.4, -0.2) is 48.9 Å². The highest BCUT2D eigenvalue weighted by molar-refractivity contribution is 6.36. The summed E-state index contributed by atoms with van der Waals surface area (Å²) < 4.78 is 3.82. The molecule has 45 heavy (non-hydrogen) atoms. The second kappa shape index (κ2) is 12.8. The first kappa shape index (κ1) is 31.0. The lowest BCUT2D eigenvalue weighted by molar-refractivity contribution is 0.100. The van der Waals surface area contributed by atoms with E-state index in [0.29, 0.717) is 28.0 Å². The molecule has 1 fully saturated rings. The zero-order valence-electron chi connectivity index (χ0n) is 26.8. The molecule has 0 bridgehead atoms. The third-order valence-corrected chi connectivity index (χ3v) is 9.60. The van der Waals surface area contributed by atoms with Gasteiger partial charge in [-0.25, -0.2) is 9.97 Å². The van der Waals surface area contributed by atoms with Crippen molar-refractivity contribution in [3.05, 3.63) is 81.4 Å². The van der Waals surface area contributed by atoms with Crippen LogP contribution in [0.25, 0.3) is 11.1 Å². The molecular weight excluding hydrogens is 586 g/mol. The maximum absolute atomic E-state index is 13.5. The molecule has 9 nitrogen and oxygen atoms in total. The number of carbonyl (C=O) groups excluding carboxylic acids is 2. The number of fused-ring (bicyclic) bond motifs is 1. The molecule has 0 spiro atoms. The molecule has 3 heterocycles. The van der Waals surface area contributed by atoms with Crippen molar-refractivity contribution < 1.29 is 9.59 Å². The Balaban J connectivity index is 1.21. The molecule has 4 aromatic rings. The number of hydrogen-bond donors (Lipinski definition) is 2. The zero-order chi connectivity index (χ0) is 31.8. The average Bonchev–Trinajstić information content (AvgIpc) is 3.70. The van der Waals surface area contributed by atoms with Crippen LogP contribution in [-0.2, 0) is 39.9 Å². The summed E-state index contributed by atoms with van der Waals surface area (Å²) in [6.07, 6.45) is 6.16. The van der Waals surface area contributed by atoms with Crippen LogP contribution in [0.15, 0.2) is 36.4 Å². The molecular formula is C35H42ClN7O2. The molecule has 6 rings (SSSR count). The van der Waals surface area contributed by atoms with Gasteiger partial charge in [-0.05, 0) is 61.8 Å². The molecule has 10 heteroatoms. The third kappa shape index (κ3) is 6.16. The van der Waals surface area contributed by atoms with Crippen molar-refractivity contribution in [2.45, 2.75) is 65.8 Å². The standard InChI is InChI=1S/C35H42ClN7O2/c1-6-10-29-25(7-2)37-32(41(29)4)35(45)40-27-14-9-12-24(31(27)36)23-11-8-13-26(21(23)3)39-34(44)33-38-28-20-43(19-22-15-16-22)18-17-30(28)42(33)5/h8-9,11-14,22H,6-7,10,15-20H2,1-5H3,(H,39,44)(H,40,45). The Bertz CT molecular complexity index is 1770. The Kier molecular flexibility index (Phi) is 8.84. The average molecular weight is 628 g/mol. The largest absolute Gasteiger partial charge is 0.327 e. The highest BCUT2D eigenvalue weighted by Gasteiger charge is 2.30. The first-order valence-corrected chi connectivity index (χ1v) is 16.4. The van der Waals surface area contributed by atoms with E-state index in [1.807, 2.05) is 60.5 Å². The van der Waals surface area contributed by atoms with Gasteiger partial charge in [0.15, 0.2) is 11.6 Å². The number of aromatic nitrogens is 4. The van der Waals surface area contributed by atoms with Gasteiger partial charge in [0.25, 0.3) is 11.8 Å². The van der Waals surface area contributed by atoms with Gasteiger partial charge in [-0.1, -0.05) is 56.1 Å². The zero-order valence-corrected chi connectivity index (χ0v) is 27.6. The minimum atomic E-state index is -0.306. The van der Waals surface area contributed by atoms with Crippen LogP contribution in [0.1, 0.15) is 82.7 Å². The summed E-state index contributed by atoms with van der Waals surface area (Å²) >= 11 is 6.93. The fraction of sp³-hybridized carbons (Fsp3) is 0.429. The molecule has 1 aliphatic carbocycles. The fourth-order valence-electron chi connectivity index (χ4n) is 6.49. The van der Waals surface area contributed by atoms with Gasteiger partial charge < -0.3 is 19.8 Å². The second-order valence-corrected chi connectivity index (χ2v) is 12.7.